The maximum atomic E-state index is 3.88. The Morgan fingerprint density at radius 2 is 1.75 bits per heavy atom. The van der Waals surface area contributed by atoms with Crippen molar-refractivity contribution in [2.45, 2.75) is 25.9 Å². The highest BCUT2D eigenvalue weighted by molar-refractivity contribution is 7.12. The lowest BCUT2D eigenvalue weighted by molar-refractivity contribution is 0.140. The maximum Gasteiger partial charge on any atom is 0.0454 e. The van der Waals surface area contributed by atoms with E-state index in [1.165, 1.54) is 28.4 Å². The number of likely N-dealkylation sites (N-methyl/N-ethyl adjacent to an activating group) is 1. The van der Waals surface area contributed by atoms with E-state index in [4.69, 9.17) is 0 Å². The predicted molar refractivity (Wildman–Crippen MR) is 104 cm³/mol. The number of nitrogens with one attached hydrogen (secondary N) is 1. The van der Waals surface area contributed by atoms with Crippen LogP contribution in [0.1, 0.15) is 34.3 Å². The van der Waals surface area contributed by atoms with Crippen LogP contribution < -0.4 is 5.32 Å². The molecule has 1 aliphatic heterocycles. The van der Waals surface area contributed by atoms with Crippen molar-refractivity contribution in [1.29, 1.82) is 0 Å². The second-order valence-corrected chi connectivity index (χ2v) is 8.22. The Morgan fingerprint density at radius 3 is 2.38 bits per heavy atom. The molecule has 1 aliphatic rings. The summed E-state index contributed by atoms with van der Waals surface area (Å²) in [5.41, 5.74) is 1.39. The van der Waals surface area contributed by atoms with Gasteiger partial charge < -0.3 is 10.2 Å². The molecule has 2 heterocycles. The first-order valence-electron chi connectivity index (χ1n) is 8.90. The molecule has 130 valence electrons. The van der Waals surface area contributed by atoms with Gasteiger partial charge in [0.1, 0.15) is 0 Å². The number of thiophene rings is 1. The van der Waals surface area contributed by atoms with Gasteiger partial charge in [-0.15, -0.1) is 11.3 Å². The fraction of sp³-hybridized carbons (Fsp3) is 0.500. The minimum Gasteiger partial charge on any atom is -0.304 e. The molecule has 24 heavy (non-hydrogen) atoms. The number of nitrogens with zero attached hydrogens (tertiary/aromatic N) is 2. The van der Waals surface area contributed by atoms with Crippen molar-refractivity contribution in [2.75, 3.05) is 39.8 Å². The third-order valence-electron chi connectivity index (χ3n) is 4.88. The van der Waals surface area contributed by atoms with Gasteiger partial charge in [0.2, 0.25) is 0 Å². The summed E-state index contributed by atoms with van der Waals surface area (Å²) >= 11 is 1.90. The number of hydrogen-bond donors (Lipinski definition) is 1. The Kier molecular flexibility index (Phi) is 6.06. The van der Waals surface area contributed by atoms with E-state index in [0.29, 0.717) is 12.1 Å². The van der Waals surface area contributed by atoms with E-state index >= 15 is 0 Å². The number of rotatable bonds is 6. The molecule has 1 fully saturated rings. The molecule has 0 amide bonds. The first kappa shape index (κ1) is 17.6. The summed E-state index contributed by atoms with van der Waals surface area (Å²) in [5.74, 6) is 0. The summed E-state index contributed by atoms with van der Waals surface area (Å²) in [6.45, 7) is 10.2. The molecule has 1 saturated heterocycles. The monoisotopic (exact) mass is 343 g/mol. The number of aryl methyl sites for hydroxylation is 1. The molecule has 0 saturated carbocycles. The molecular weight excluding hydrogens is 314 g/mol. The zero-order chi connectivity index (χ0) is 16.9. The molecule has 4 heteroatoms. The van der Waals surface area contributed by atoms with Gasteiger partial charge in [-0.25, -0.2) is 0 Å². The van der Waals surface area contributed by atoms with Crippen molar-refractivity contribution in [3.63, 3.8) is 0 Å². The fourth-order valence-electron chi connectivity index (χ4n) is 3.30. The predicted octanol–water partition coefficient (Wildman–Crippen LogP) is 3.70. The minimum absolute atomic E-state index is 0.368. The standard InChI is InChI=1S/C20H29N3S/c1-16-9-10-20(24-16)17(2)21-19(18-7-5-4-6-8-18)15-23-13-11-22(3)12-14-23/h4-10,17,19,21H,11-15H2,1-3H3/t17-,19+/m1/s1. The van der Waals surface area contributed by atoms with Crippen LogP contribution in [0, 0.1) is 6.92 Å². The highest BCUT2D eigenvalue weighted by Crippen LogP contribution is 2.26. The fourth-order valence-corrected chi connectivity index (χ4v) is 4.19. The summed E-state index contributed by atoms with van der Waals surface area (Å²) < 4.78 is 0. The van der Waals surface area contributed by atoms with Crippen LogP contribution in [0.25, 0.3) is 0 Å². The summed E-state index contributed by atoms with van der Waals surface area (Å²) in [6.07, 6.45) is 0. The molecule has 0 unspecified atom stereocenters. The normalized spacial score (nSPS) is 19.3. The summed E-state index contributed by atoms with van der Waals surface area (Å²) in [7, 11) is 2.21. The number of piperazine rings is 1. The van der Waals surface area contributed by atoms with E-state index in [1.54, 1.807) is 0 Å². The molecule has 1 N–H and O–H groups in total. The molecule has 2 atom stereocenters. The Bertz CT molecular complexity index is 617. The quantitative estimate of drug-likeness (QED) is 0.863. The average molecular weight is 344 g/mol. The second kappa shape index (κ2) is 8.26. The van der Waals surface area contributed by atoms with Gasteiger partial charge in [-0.05, 0) is 38.6 Å². The Balaban J connectivity index is 1.70. The summed E-state index contributed by atoms with van der Waals surface area (Å²) in [6, 6.07) is 16.1. The van der Waals surface area contributed by atoms with Crippen molar-refractivity contribution in [2.24, 2.45) is 0 Å². The van der Waals surface area contributed by atoms with Gasteiger partial charge in [0.05, 0.1) is 0 Å². The van der Waals surface area contributed by atoms with Gasteiger partial charge in [-0.1, -0.05) is 30.3 Å². The van der Waals surface area contributed by atoms with E-state index in [9.17, 15) is 0 Å². The first-order chi connectivity index (χ1) is 11.6. The third-order valence-corrected chi connectivity index (χ3v) is 6.06. The largest absolute Gasteiger partial charge is 0.304 e. The minimum atomic E-state index is 0.368. The molecule has 1 aromatic heterocycles. The van der Waals surface area contributed by atoms with E-state index in [-0.39, 0.29) is 0 Å². The van der Waals surface area contributed by atoms with Gasteiger partial charge in [0.25, 0.3) is 0 Å². The van der Waals surface area contributed by atoms with Crippen LogP contribution in [-0.2, 0) is 0 Å². The molecular formula is C20H29N3S. The van der Waals surface area contributed by atoms with E-state index < -0.39 is 0 Å². The van der Waals surface area contributed by atoms with Crippen LogP contribution in [0.4, 0.5) is 0 Å². The SMILES string of the molecule is Cc1ccc([C@@H](C)N[C@@H](CN2CCN(C)CC2)c2ccccc2)s1. The average Bonchev–Trinajstić information content (AvgIpc) is 3.03. The second-order valence-electron chi connectivity index (χ2n) is 6.90. The van der Waals surface area contributed by atoms with Gasteiger partial charge in [-0.3, -0.25) is 4.90 Å². The number of benzene rings is 1. The maximum absolute atomic E-state index is 3.88. The first-order valence-corrected chi connectivity index (χ1v) is 9.71. The van der Waals surface area contributed by atoms with E-state index in [2.05, 4.69) is 78.5 Å². The Labute approximate surface area is 150 Å². The zero-order valence-corrected chi connectivity index (χ0v) is 15.9. The molecule has 3 nitrogen and oxygen atoms in total. The molecule has 3 rings (SSSR count). The van der Waals surface area contributed by atoms with Crippen molar-refractivity contribution >= 4 is 11.3 Å². The molecule has 0 aliphatic carbocycles. The molecule has 0 radical (unpaired) electrons. The molecule has 0 bridgehead atoms. The van der Waals surface area contributed by atoms with Crippen LogP contribution >= 0.6 is 11.3 Å². The lowest BCUT2D eigenvalue weighted by Gasteiger charge is -2.35. The van der Waals surface area contributed by atoms with E-state index in [0.717, 1.165) is 19.6 Å². The van der Waals surface area contributed by atoms with Crippen LogP contribution in [0.2, 0.25) is 0 Å². The van der Waals surface area contributed by atoms with Crippen molar-refractivity contribution < 1.29 is 0 Å². The number of hydrogen-bond acceptors (Lipinski definition) is 4. The third kappa shape index (κ3) is 4.67. The Morgan fingerprint density at radius 1 is 1.04 bits per heavy atom. The zero-order valence-electron chi connectivity index (χ0n) is 15.0. The van der Waals surface area contributed by atoms with Crippen LogP contribution in [-0.4, -0.2) is 49.6 Å². The van der Waals surface area contributed by atoms with Crippen molar-refractivity contribution in [3.05, 3.63) is 57.8 Å². The molecule has 2 aromatic rings. The van der Waals surface area contributed by atoms with Crippen molar-refractivity contribution in [3.8, 4) is 0 Å². The summed E-state index contributed by atoms with van der Waals surface area (Å²) in [5, 5.41) is 3.88. The van der Waals surface area contributed by atoms with E-state index in [1.807, 2.05) is 11.3 Å². The smallest absolute Gasteiger partial charge is 0.0454 e. The Hall–Kier alpha value is -1.20. The van der Waals surface area contributed by atoms with Gasteiger partial charge in [0, 0.05) is 54.6 Å². The lowest BCUT2D eigenvalue weighted by Crippen LogP contribution is -2.47. The highest BCUT2D eigenvalue weighted by Gasteiger charge is 2.21. The van der Waals surface area contributed by atoms with Gasteiger partial charge >= 0.3 is 0 Å². The molecule has 0 spiro atoms. The van der Waals surface area contributed by atoms with Gasteiger partial charge in [0.15, 0.2) is 0 Å². The lowest BCUT2D eigenvalue weighted by atomic mass is 10.0. The topological polar surface area (TPSA) is 18.5 Å². The summed E-state index contributed by atoms with van der Waals surface area (Å²) in [4.78, 5) is 7.82. The van der Waals surface area contributed by atoms with Crippen LogP contribution in [0.15, 0.2) is 42.5 Å². The molecule has 1 aromatic carbocycles. The van der Waals surface area contributed by atoms with Crippen molar-refractivity contribution in [1.82, 2.24) is 15.1 Å². The van der Waals surface area contributed by atoms with Crippen LogP contribution in [0.3, 0.4) is 0 Å². The highest BCUT2D eigenvalue weighted by atomic mass is 32.1. The van der Waals surface area contributed by atoms with Gasteiger partial charge in [-0.2, -0.15) is 0 Å². The van der Waals surface area contributed by atoms with Crippen LogP contribution in [0.5, 0.6) is 0 Å².